The highest BCUT2D eigenvalue weighted by molar-refractivity contribution is 5.95. The van der Waals surface area contributed by atoms with Crippen molar-refractivity contribution in [2.24, 2.45) is 5.41 Å². The number of nitrogens with zero attached hydrogens (tertiary/aromatic N) is 1. The van der Waals surface area contributed by atoms with Crippen LogP contribution in [0.1, 0.15) is 29.8 Å². The number of rotatable bonds is 3. The van der Waals surface area contributed by atoms with Gasteiger partial charge in [0.2, 0.25) is 5.78 Å². The molecule has 1 aromatic heterocycles. The van der Waals surface area contributed by atoms with E-state index < -0.39 is 0 Å². The molecule has 3 heteroatoms. The molecule has 3 nitrogen and oxygen atoms in total. The van der Waals surface area contributed by atoms with E-state index >= 15 is 0 Å². The minimum absolute atomic E-state index is 0.109. The Morgan fingerprint density at radius 3 is 2.93 bits per heavy atom. The molecule has 2 aliphatic rings. The van der Waals surface area contributed by atoms with Crippen LogP contribution in [-0.2, 0) is 0 Å². The Hall–Kier alpha value is -1.09. The Kier molecular flexibility index (Phi) is 1.96. The molecule has 0 aromatic carbocycles. The molecule has 2 fully saturated rings. The van der Waals surface area contributed by atoms with Crippen LogP contribution in [0.3, 0.4) is 0 Å². The van der Waals surface area contributed by atoms with Crippen LogP contribution >= 0.6 is 0 Å². The molecule has 15 heavy (non-hydrogen) atoms. The zero-order chi connectivity index (χ0) is 10.3. The van der Waals surface area contributed by atoms with Crippen LogP contribution in [-0.4, -0.2) is 30.3 Å². The van der Waals surface area contributed by atoms with Crippen LogP contribution in [0.15, 0.2) is 22.8 Å². The lowest BCUT2D eigenvalue weighted by Gasteiger charge is -2.13. The maximum absolute atomic E-state index is 11.8. The molecule has 1 spiro atoms. The number of carbonyl (C=O) groups excluding carboxylic acids is 1. The predicted molar refractivity (Wildman–Crippen MR) is 55.8 cm³/mol. The van der Waals surface area contributed by atoms with Gasteiger partial charge in [0.15, 0.2) is 5.76 Å². The highest BCUT2D eigenvalue weighted by atomic mass is 16.3. The highest BCUT2D eigenvalue weighted by Crippen LogP contribution is 2.52. The lowest BCUT2D eigenvalue weighted by molar-refractivity contribution is 0.0915. The smallest absolute Gasteiger partial charge is 0.211 e. The summed E-state index contributed by atoms with van der Waals surface area (Å²) in [6.07, 6.45) is 5.55. The lowest BCUT2D eigenvalue weighted by atomic mass is 10.1. The van der Waals surface area contributed by atoms with Crippen molar-refractivity contribution in [2.45, 2.75) is 19.3 Å². The minimum atomic E-state index is 0.109. The quantitative estimate of drug-likeness (QED) is 0.707. The molecule has 0 N–H and O–H groups in total. The van der Waals surface area contributed by atoms with Gasteiger partial charge in [-0.2, -0.15) is 0 Å². The standard InChI is InChI=1S/C12H15NO2/c14-10(11-2-1-7-15-11)8-13-6-5-12(9-13)3-4-12/h1-2,7H,3-6,8-9H2. The Morgan fingerprint density at radius 2 is 2.33 bits per heavy atom. The van der Waals surface area contributed by atoms with Gasteiger partial charge in [-0.3, -0.25) is 9.69 Å². The number of likely N-dealkylation sites (tertiary alicyclic amines) is 1. The van der Waals surface area contributed by atoms with E-state index in [9.17, 15) is 4.79 Å². The molecule has 1 aliphatic heterocycles. The van der Waals surface area contributed by atoms with E-state index in [1.807, 2.05) is 0 Å². The fourth-order valence-electron chi connectivity index (χ4n) is 2.47. The largest absolute Gasteiger partial charge is 0.461 e. The average Bonchev–Trinajstić information content (AvgIpc) is 2.70. The fourth-order valence-corrected chi connectivity index (χ4v) is 2.47. The summed E-state index contributed by atoms with van der Waals surface area (Å²) < 4.78 is 5.10. The van der Waals surface area contributed by atoms with Crippen LogP contribution in [0.2, 0.25) is 0 Å². The Morgan fingerprint density at radius 1 is 1.47 bits per heavy atom. The summed E-state index contributed by atoms with van der Waals surface area (Å²) in [7, 11) is 0. The molecule has 0 unspecified atom stereocenters. The zero-order valence-corrected chi connectivity index (χ0v) is 8.74. The van der Waals surface area contributed by atoms with Crippen LogP contribution < -0.4 is 0 Å². The highest BCUT2D eigenvalue weighted by Gasteiger charge is 2.47. The second kappa shape index (κ2) is 3.20. The first kappa shape index (κ1) is 9.16. The van der Waals surface area contributed by atoms with Gasteiger partial charge in [0.25, 0.3) is 0 Å². The average molecular weight is 205 g/mol. The third-order valence-electron chi connectivity index (χ3n) is 3.64. The van der Waals surface area contributed by atoms with Crippen LogP contribution in [0.25, 0.3) is 0 Å². The molecule has 80 valence electrons. The molecule has 1 saturated heterocycles. The van der Waals surface area contributed by atoms with E-state index in [-0.39, 0.29) is 5.78 Å². The van der Waals surface area contributed by atoms with E-state index in [0.717, 1.165) is 13.1 Å². The molecule has 1 saturated carbocycles. The molecule has 1 aliphatic carbocycles. The number of carbonyl (C=O) groups is 1. The predicted octanol–water partition coefficient (Wildman–Crippen LogP) is 1.95. The first-order valence-electron chi connectivity index (χ1n) is 5.57. The fraction of sp³-hybridized carbons (Fsp3) is 0.583. The Balaban J connectivity index is 1.60. The molecule has 0 atom stereocenters. The Labute approximate surface area is 89.1 Å². The van der Waals surface area contributed by atoms with E-state index in [1.54, 1.807) is 18.4 Å². The van der Waals surface area contributed by atoms with Crippen molar-refractivity contribution in [2.75, 3.05) is 19.6 Å². The maximum Gasteiger partial charge on any atom is 0.211 e. The maximum atomic E-state index is 11.8. The topological polar surface area (TPSA) is 33.5 Å². The lowest BCUT2D eigenvalue weighted by Crippen LogP contribution is -2.27. The number of hydrogen-bond acceptors (Lipinski definition) is 3. The molecule has 3 rings (SSSR count). The summed E-state index contributed by atoms with van der Waals surface area (Å²) in [5, 5.41) is 0. The second-order valence-electron chi connectivity index (χ2n) is 4.86. The number of Topliss-reactive ketones (excluding diaryl/α,β-unsaturated/α-hetero) is 1. The zero-order valence-electron chi connectivity index (χ0n) is 8.74. The molecule has 0 radical (unpaired) electrons. The summed E-state index contributed by atoms with van der Waals surface area (Å²) >= 11 is 0. The normalized spacial score (nSPS) is 23.5. The van der Waals surface area contributed by atoms with Crippen LogP contribution in [0.4, 0.5) is 0 Å². The van der Waals surface area contributed by atoms with E-state index in [0.29, 0.717) is 17.7 Å². The van der Waals surface area contributed by atoms with Gasteiger partial charge in [0.1, 0.15) is 0 Å². The van der Waals surface area contributed by atoms with Crippen molar-refractivity contribution in [1.82, 2.24) is 4.90 Å². The van der Waals surface area contributed by atoms with Gasteiger partial charge < -0.3 is 4.42 Å². The summed E-state index contributed by atoms with van der Waals surface area (Å²) in [5.41, 5.74) is 0.601. The van der Waals surface area contributed by atoms with Crippen LogP contribution in [0.5, 0.6) is 0 Å². The third kappa shape index (κ3) is 1.72. The summed E-state index contributed by atoms with van der Waals surface area (Å²) in [6.45, 7) is 2.71. The SMILES string of the molecule is O=C(CN1CCC2(CC2)C1)c1ccco1. The Bertz CT molecular complexity index is 365. The first-order chi connectivity index (χ1) is 7.27. The molecule has 0 bridgehead atoms. The van der Waals surface area contributed by atoms with Gasteiger partial charge in [-0.1, -0.05) is 0 Å². The van der Waals surface area contributed by atoms with Gasteiger partial charge in [-0.05, 0) is 43.4 Å². The van der Waals surface area contributed by atoms with Crippen molar-refractivity contribution < 1.29 is 9.21 Å². The molecule has 2 heterocycles. The monoisotopic (exact) mass is 205 g/mol. The van der Waals surface area contributed by atoms with Crippen LogP contribution in [0, 0.1) is 5.41 Å². The number of ketones is 1. The number of hydrogen-bond donors (Lipinski definition) is 0. The summed E-state index contributed by atoms with van der Waals surface area (Å²) in [4.78, 5) is 14.0. The van der Waals surface area contributed by atoms with Crippen molar-refractivity contribution in [1.29, 1.82) is 0 Å². The second-order valence-corrected chi connectivity index (χ2v) is 4.86. The van der Waals surface area contributed by atoms with Gasteiger partial charge in [-0.25, -0.2) is 0 Å². The van der Waals surface area contributed by atoms with Gasteiger partial charge in [0.05, 0.1) is 12.8 Å². The third-order valence-corrected chi connectivity index (χ3v) is 3.64. The molecule has 0 amide bonds. The van der Waals surface area contributed by atoms with E-state index in [1.165, 1.54) is 19.3 Å². The van der Waals surface area contributed by atoms with Gasteiger partial charge in [-0.15, -0.1) is 0 Å². The van der Waals surface area contributed by atoms with Crippen molar-refractivity contribution in [3.63, 3.8) is 0 Å². The summed E-state index contributed by atoms with van der Waals surface area (Å²) in [6, 6.07) is 3.50. The minimum Gasteiger partial charge on any atom is -0.461 e. The number of furan rings is 1. The van der Waals surface area contributed by atoms with Crippen molar-refractivity contribution >= 4 is 5.78 Å². The molecular formula is C12H15NO2. The first-order valence-corrected chi connectivity index (χ1v) is 5.57. The molecular weight excluding hydrogens is 190 g/mol. The van der Waals surface area contributed by atoms with Gasteiger partial charge in [0, 0.05) is 6.54 Å². The van der Waals surface area contributed by atoms with Gasteiger partial charge >= 0.3 is 0 Å². The van der Waals surface area contributed by atoms with Crippen molar-refractivity contribution in [3.8, 4) is 0 Å². The van der Waals surface area contributed by atoms with E-state index in [2.05, 4.69) is 4.90 Å². The van der Waals surface area contributed by atoms with Crippen molar-refractivity contribution in [3.05, 3.63) is 24.2 Å². The summed E-state index contributed by atoms with van der Waals surface area (Å²) in [5.74, 6) is 0.601. The molecule has 1 aromatic rings. The van der Waals surface area contributed by atoms with E-state index in [4.69, 9.17) is 4.42 Å².